The standard InChI is InChI=1S/C25H21N5O2S/c31-25(19-8-13-32-17-19)29-11-9-28(10-12-29)24-16-21(22-7-4-14-33-22)26-23-15-20(27-30(23)24)18-5-2-1-3-6-18/h1-8,13-17H,9-12H2. The molecular weight excluding hydrogens is 434 g/mol. The summed E-state index contributed by atoms with van der Waals surface area (Å²) in [6, 6.07) is 20.1. The van der Waals surface area contributed by atoms with Crippen LogP contribution in [0.2, 0.25) is 0 Å². The summed E-state index contributed by atoms with van der Waals surface area (Å²) >= 11 is 1.67. The van der Waals surface area contributed by atoms with Gasteiger partial charge in [0.2, 0.25) is 0 Å². The highest BCUT2D eigenvalue weighted by Gasteiger charge is 2.25. The summed E-state index contributed by atoms with van der Waals surface area (Å²) in [6.45, 7) is 2.70. The summed E-state index contributed by atoms with van der Waals surface area (Å²) in [5.74, 6) is 0.994. The number of aromatic nitrogens is 3. The number of fused-ring (bicyclic) bond motifs is 1. The molecule has 0 spiro atoms. The van der Waals surface area contributed by atoms with E-state index in [-0.39, 0.29) is 5.91 Å². The fourth-order valence-electron chi connectivity index (χ4n) is 4.19. The van der Waals surface area contributed by atoms with E-state index in [1.165, 1.54) is 12.5 Å². The highest BCUT2D eigenvalue weighted by Crippen LogP contribution is 2.30. The lowest BCUT2D eigenvalue weighted by atomic mass is 10.2. The smallest absolute Gasteiger partial charge is 0.257 e. The first-order chi connectivity index (χ1) is 16.3. The highest BCUT2D eigenvalue weighted by molar-refractivity contribution is 7.13. The van der Waals surface area contributed by atoms with Crippen LogP contribution < -0.4 is 4.90 Å². The van der Waals surface area contributed by atoms with E-state index in [1.807, 2.05) is 39.7 Å². The monoisotopic (exact) mass is 455 g/mol. The van der Waals surface area contributed by atoms with Gasteiger partial charge >= 0.3 is 0 Å². The maximum Gasteiger partial charge on any atom is 0.257 e. The average molecular weight is 456 g/mol. The average Bonchev–Trinajstić information content (AvgIpc) is 3.65. The molecule has 0 atom stereocenters. The van der Waals surface area contributed by atoms with Gasteiger partial charge in [-0.05, 0) is 17.5 Å². The molecule has 5 heterocycles. The van der Waals surface area contributed by atoms with Crippen LogP contribution in [0.3, 0.4) is 0 Å². The number of piperazine rings is 1. The number of carbonyl (C=O) groups is 1. The van der Waals surface area contributed by atoms with Crippen LogP contribution in [0.15, 0.2) is 83.0 Å². The zero-order chi connectivity index (χ0) is 22.2. The summed E-state index contributed by atoms with van der Waals surface area (Å²) in [4.78, 5) is 22.9. The third-order valence-corrected chi connectivity index (χ3v) is 6.80. The number of hydrogen-bond acceptors (Lipinski definition) is 6. The molecule has 6 rings (SSSR count). The van der Waals surface area contributed by atoms with Crippen molar-refractivity contribution in [3.8, 4) is 21.8 Å². The molecule has 4 aromatic heterocycles. The number of thiophene rings is 1. The molecule has 1 aliphatic heterocycles. The van der Waals surface area contributed by atoms with Gasteiger partial charge in [-0.25, -0.2) is 4.98 Å². The van der Waals surface area contributed by atoms with Crippen molar-refractivity contribution in [2.45, 2.75) is 0 Å². The molecular formula is C25H21N5O2S. The van der Waals surface area contributed by atoms with Gasteiger partial charge in [-0.2, -0.15) is 9.61 Å². The van der Waals surface area contributed by atoms with Gasteiger partial charge in [0.25, 0.3) is 5.91 Å². The Labute approximate surface area is 194 Å². The first kappa shape index (κ1) is 19.8. The number of carbonyl (C=O) groups excluding carboxylic acids is 1. The van der Waals surface area contributed by atoms with Crippen molar-refractivity contribution in [3.05, 3.63) is 84.1 Å². The van der Waals surface area contributed by atoms with Gasteiger partial charge in [-0.3, -0.25) is 4.79 Å². The predicted molar refractivity (Wildman–Crippen MR) is 129 cm³/mol. The van der Waals surface area contributed by atoms with Crippen molar-refractivity contribution < 1.29 is 9.21 Å². The molecule has 0 radical (unpaired) electrons. The second kappa shape index (κ2) is 8.22. The van der Waals surface area contributed by atoms with E-state index in [0.29, 0.717) is 31.7 Å². The number of benzene rings is 1. The molecule has 1 aromatic carbocycles. The molecule has 1 fully saturated rings. The molecule has 0 bridgehead atoms. The summed E-state index contributed by atoms with van der Waals surface area (Å²) in [5, 5.41) is 6.96. The molecule has 0 saturated carbocycles. The fraction of sp³-hybridized carbons (Fsp3) is 0.160. The van der Waals surface area contributed by atoms with Gasteiger partial charge in [0, 0.05) is 43.9 Å². The fourth-order valence-corrected chi connectivity index (χ4v) is 4.88. The Morgan fingerprint density at radius 3 is 2.52 bits per heavy atom. The third-order valence-electron chi connectivity index (χ3n) is 5.91. The van der Waals surface area contributed by atoms with E-state index in [2.05, 4.69) is 34.5 Å². The van der Waals surface area contributed by atoms with Crippen LogP contribution in [0.4, 0.5) is 5.82 Å². The van der Waals surface area contributed by atoms with E-state index < -0.39 is 0 Å². The number of rotatable bonds is 4. The van der Waals surface area contributed by atoms with E-state index in [1.54, 1.807) is 17.4 Å². The van der Waals surface area contributed by atoms with E-state index in [0.717, 1.165) is 33.3 Å². The second-order valence-corrected chi connectivity index (χ2v) is 8.88. The molecule has 0 N–H and O–H groups in total. The number of amides is 1. The first-order valence-corrected chi connectivity index (χ1v) is 11.7. The Morgan fingerprint density at radius 2 is 1.79 bits per heavy atom. The first-order valence-electron chi connectivity index (χ1n) is 10.8. The van der Waals surface area contributed by atoms with Gasteiger partial charge in [-0.15, -0.1) is 11.3 Å². The van der Waals surface area contributed by atoms with Crippen molar-refractivity contribution in [2.24, 2.45) is 0 Å². The predicted octanol–water partition coefficient (Wildman–Crippen LogP) is 4.68. The molecule has 1 amide bonds. The van der Waals surface area contributed by atoms with E-state index in [9.17, 15) is 4.79 Å². The zero-order valence-corrected chi connectivity index (χ0v) is 18.6. The number of nitrogens with zero attached hydrogens (tertiary/aromatic N) is 5. The molecule has 1 saturated heterocycles. The van der Waals surface area contributed by atoms with E-state index in [4.69, 9.17) is 14.5 Å². The summed E-state index contributed by atoms with van der Waals surface area (Å²) in [5.41, 5.74) is 4.29. The Balaban J connectivity index is 1.36. The van der Waals surface area contributed by atoms with Crippen molar-refractivity contribution >= 4 is 28.7 Å². The third kappa shape index (κ3) is 3.68. The van der Waals surface area contributed by atoms with Crippen LogP contribution in [-0.4, -0.2) is 51.6 Å². The van der Waals surface area contributed by atoms with Gasteiger partial charge < -0.3 is 14.2 Å². The molecule has 33 heavy (non-hydrogen) atoms. The summed E-state index contributed by atoms with van der Waals surface area (Å²) < 4.78 is 7.00. The lowest BCUT2D eigenvalue weighted by Crippen LogP contribution is -2.49. The van der Waals surface area contributed by atoms with Crippen molar-refractivity contribution in [3.63, 3.8) is 0 Å². The van der Waals surface area contributed by atoms with Crippen molar-refractivity contribution in [1.29, 1.82) is 0 Å². The second-order valence-electron chi connectivity index (χ2n) is 7.93. The molecule has 5 aromatic rings. The molecule has 7 nitrogen and oxygen atoms in total. The number of hydrogen-bond donors (Lipinski definition) is 0. The van der Waals surface area contributed by atoms with Gasteiger partial charge in [-0.1, -0.05) is 36.4 Å². The van der Waals surface area contributed by atoms with Crippen LogP contribution in [0.5, 0.6) is 0 Å². The Hall–Kier alpha value is -3.91. The Bertz CT molecular complexity index is 1390. The normalized spacial score (nSPS) is 14.2. The minimum absolute atomic E-state index is 0.00741. The topological polar surface area (TPSA) is 66.9 Å². The summed E-state index contributed by atoms with van der Waals surface area (Å²) in [7, 11) is 0. The van der Waals surface area contributed by atoms with Crippen LogP contribution in [-0.2, 0) is 0 Å². The van der Waals surface area contributed by atoms with Crippen LogP contribution in [0.1, 0.15) is 10.4 Å². The lowest BCUT2D eigenvalue weighted by molar-refractivity contribution is 0.0745. The SMILES string of the molecule is O=C(c1ccoc1)N1CCN(c2cc(-c3cccs3)nc3cc(-c4ccccc4)nn23)CC1. The van der Waals surface area contributed by atoms with Gasteiger partial charge in [0.15, 0.2) is 5.65 Å². The minimum atomic E-state index is 0.00741. The lowest BCUT2D eigenvalue weighted by Gasteiger charge is -2.35. The van der Waals surface area contributed by atoms with Crippen LogP contribution in [0, 0.1) is 0 Å². The molecule has 164 valence electrons. The Morgan fingerprint density at radius 1 is 0.939 bits per heavy atom. The largest absolute Gasteiger partial charge is 0.472 e. The van der Waals surface area contributed by atoms with Crippen LogP contribution >= 0.6 is 11.3 Å². The van der Waals surface area contributed by atoms with Crippen LogP contribution in [0.25, 0.3) is 27.5 Å². The minimum Gasteiger partial charge on any atom is -0.472 e. The van der Waals surface area contributed by atoms with E-state index >= 15 is 0 Å². The molecule has 0 aliphatic carbocycles. The highest BCUT2D eigenvalue weighted by atomic mass is 32.1. The summed E-state index contributed by atoms with van der Waals surface area (Å²) in [6.07, 6.45) is 3.04. The van der Waals surface area contributed by atoms with Crippen molar-refractivity contribution in [1.82, 2.24) is 19.5 Å². The van der Waals surface area contributed by atoms with Gasteiger partial charge in [0.1, 0.15) is 12.1 Å². The molecule has 0 unspecified atom stereocenters. The zero-order valence-electron chi connectivity index (χ0n) is 17.8. The van der Waals surface area contributed by atoms with Gasteiger partial charge in [0.05, 0.1) is 28.1 Å². The number of furan rings is 1. The quantitative estimate of drug-likeness (QED) is 0.394. The maximum atomic E-state index is 12.7. The van der Waals surface area contributed by atoms with Crippen molar-refractivity contribution in [2.75, 3.05) is 31.1 Å². The molecule has 8 heteroatoms. The number of anilines is 1. The maximum absolute atomic E-state index is 12.7. The molecule has 1 aliphatic rings. The Kier molecular flexibility index (Phi) is 4.92.